The van der Waals surface area contributed by atoms with Crippen molar-refractivity contribution in [3.8, 4) is 11.1 Å². The van der Waals surface area contributed by atoms with E-state index in [0.29, 0.717) is 30.6 Å². The molecule has 13 N–H and O–H groups in total. The Labute approximate surface area is 200 Å². The van der Waals surface area contributed by atoms with Crippen LogP contribution in [0.1, 0.15) is 22.3 Å². The van der Waals surface area contributed by atoms with E-state index in [1.165, 1.54) is 12.1 Å². The smallest absolute Gasteiger partial charge is 0.251 e. The minimum atomic E-state index is -4.45. The van der Waals surface area contributed by atoms with Crippen LogP contribution in [0.3, 0.4) is 0 Å². The summed E-state index contributed by atoms with van der Waals surface area (Å²) in [4.78, 5) is 11.9. The van der Waals surface area contributed by atoms with Gasteiger partial charge in [0, 0.05) is 30.8 Å². The van der Waals surface area contributed by atoms with E-state index in [1.807, 2.05) is 5.53 Å². The van der Waals surface area contributed by atoms with Crippen molar-refractivity contribution in [2.45, 2.75) is 16.2 Å². The number of sulfonamides is 1. The number of benzene rings is 2. The normalized spacial score (nSPS) is 12.9. The Bertz CT molecular complexity index is 1190. The largest absolute Gasteiger partial charge is 0.382 e. The van der Waals surface area contributed by atoms with E-state index in [9.17, 15) is 17.4 Å². The summed E-state index contributed by atoms with van der Waals surface area (Å²) in [7, 11) is -6.43. The predicted molar refractivity (Wildman–Crippen MR) is 131 cm³/mol. The third-order valence-electron chi connectivity index (χ3n) is 4.53. The molecule has 2 rings (SSSR count). The highest BCUT2D eigenvalue weighted by molar-refractivity contribution is 7.90. The summed E-state index contributed by atoms with van der Waals surface area (Å²) in [5.74, 6) is 4.60. The molecular formula is C19H29N9O4S2. The number of amides is 1. The topological polar surface area (TPSA) is 247 Å². The van der Waals surface area contributed by atoms with Crippen LogP contribution < -0.4 is 43.8 Å². The van der Waals surface area contributed by atoms with Crippen LogP contribution in [-0.4, -0.2) is 50.5 Å². The average molecular weight is 512 g/mol. The molecule has 1 unspecified atom stereocenters. The Morgan fingerprint density at radius 1 is 1.09 bits per heavy atom. The maximum Gasteiger partial charge on any atom is 0.251 e. The van der Waals surface area contributed by atoms with E-state index in [4.69, 9.17) is 28.2 Å². The van der Waals surface area contributed by atoms with Crippen molar-refractivity contribution in [2.24, 2.45) is 33.3 Å². The second-order valence-electron chi connectivity index (χ2n) is 6.92. The number of hydrazone groups is 1. The fourth-order valence-corrected chi connectivity index (χ4v) is 5.42. The van der Waals surface area contributed by atoms with Crippen molar-refractivity contribution in [1.29, 1.82) is 0 Å². The van der Waals surface area contributed by atoms with Crippen LogP contribution >= 0.6 is 0 Å². The number of nitrogens with two attached hydrogens (primary N) is 5. The zero-order chi connectivity index (χ0) is 25.3. The van der Waals surface area contributed by atoms with Crippen LogP contribution in [0.4, 0.5) is 0 Å². The molecule has 0 spiro atoms. The lowest BCUT2D eigenvalue weighted by molar-refractivity contribution is 0.0953. The highest BCUT2D eigenvalue weighted by Crippen LogP contribution is 2.32. The molecule has 1 amide bonds. The van der Waals surface area contributed by atoms with Gasteiger partial charge in [-0.3, -0.25) is 4.79 Å². The van der Waals surface area contributed by atoms with Gasteiger partial charge in [0.05, 0.1) is 4.90 Å². The third-order valence-corrected chi connectivity index (χ3v) is 6.85. The number of nitrogens with zero attached hydrogens (tertiary/aromatic N) is 1. The van der Waals surface area contributed by atoms with Crippen molar-refractivity contribution in [3.05, 3.63) is 47.5 Å². The quantitative estimate of drug-likeness (QED) is 0.0502. The van der Waals surface area contributed by atoms with Gasteiger partial charge in [-0.2, -0.15) is 0 Å². The predicted octanol–water partition coefficient (Wildman–Crippen LogP) is -2.27. The highest BCUT2D eigenvalue weighted by atomic mass is 32.2. The van der Waals surface area contributed by atoms with E-state index in [1.54, 1.807) is 24.3 Å². The van der Waals surface area contributed by atoms with Gasteiger partial charge in [-0.1, -0.05) is 18.2 Å². The first-order valence-electron chi connectivity index (χ1n) is 10.1. The zero-order valence-electron chi connectivity index (χ0n) is 18.3. The molecule has 0 saturated carbocycles. The van der Waals surface area contributed by atoms with E-state index in [-0.39, 0.29) is 40.9 Å². The summed E-state index contributed by atoms with van der Waals surface area (Å²) in [5.41, 5.74) is 19.9. The first-order valence-corrected chi connectivity index (χ1v) is 12.8. The van der Waals surface area contributed by atoms with Crippen LogP contribution in [0.15, 0.2) is 51.3 Å². The lowest BCUT2D eigenvalue weighted by Crippen LogP contribution is -2.30. The SMILES string of the molecule is NCCCNC(=O)c1cccc(-c2ccc(S(=O)NCCN)c(S(N)(=O)=O)c2/C(N)=N/NN)c1. The fraction of sp³-hybridized carbons (Fsp3) is 0.263. The van der Waals surface area contributed by atoms with Crippen LogP contribution in [-0.2, 0) is 21.0 Å². The summed E-state index contributed by atoms with van der Waals surface area (Å²) in [5, 5.41) is 11.9. The number of primary sulfonamides is 1. The fourth-order valence-electron chi connectivity index (χ4n) is 3.08. The molecule has 0 aliphatic carbocycles. The van der Waals surface area contributed by atoms with E-state index in [2.05, 4.69) is 15.1 Å². The molecule has 0 fully saturated rings. The second-order valence-corrected chi connectivity index (χ2v) is 9.68. The number of carbonyl (C=O) groups is 1. The number of amidine groups is 1. The number of nitrogens with one attached hydrogen (secondary N) is 3. The molecule has 13 nitrogen and oxygen atoms in total. The van der Waals surface area contributed by atoms with Crippen LogP contribution in [0.5, 0.6) is 0 Å². The molecule has 186 valence electrons. The van der Waals surface area contributed by atoms with Crippen LogP contribution in [0.25, 0.3) is 11.1 Å². The standard InChI is InChI=1S/C19H29N9O4S2/c20-7-2-9-25-19(29)13-4-1-3-12(11-13)14-5-6-15(33(30)26-10-8-21)17(34(24,31)32)16(14)18(22)27-28-23/h1,3-6,11,26,28H,2,7-10,20-21,23H2,(H2,22,27)(H,25,29)(H2,24,31,32). The molecule has 0 radical (unpaired) electrons. The molecule has 0 saturated heterocycles. The van der Waals surface area contributed by atoms with Gasteiger partial charge in [0.2, 0.25) is 10.0 Å². The summed E-state index contributed by atoms with van der Waals surface area (Å²) in [6.45, 7) is 1.16. The van der Waals surface area contributed by atoms with Gasteiger partial charge in [0.15, 0.2) is 5.84 Å². The lowest BCUT2D eigenvalue weighted by Gasteiger charge is -2.18. The van der Waals surface area contributed by atoms with Crippen LogP contribution in [0, 0.1) is 0 Å². The average Bonchev–Trinajstić information content (AvgIpc) is 2.81. The van der Waals surface area contributed by atoms with Crippen molar-refractivity contribution in [3.63, 3.8) is 0 Å². The molecule has 34 heavy (non-hydrogen) atoms. The van der Waals surface area contributed by atoms with Crippen LogP contribution in [0.2, 0.25) is 0 Å². The molecule has 2 aromatic rings. The number of hydrogen-bond donors (Lipinski definition) is 8. The molecule has 0 heterocycles. The number of hydrazine groups is 1. The maximum absolute atomic E-state index is 12.8. The Morgan fingerprint density at radius 2 is 1.82 bits per heavy atom. The van der Waals surface area contributed by atoms with Gasteiger partial charge in [0.25, 0.3) is 5.91 Å². The molecule has 1 atom stereocenters. The summed E-state index contributed by atoms with van der Waals surface area (Å²) >= 11 is 0. The number of rotatable bonds is 12. The van der Waals surface area contributed by atoms with Gasteiger partial charge in [-0.05, 0) is 42.3 Å². The van der Waals surface area contributed by atoms with Crippen molar-refractivity contribution >= 4 is 32.8 Å². The highest BCUT2D eigenvalue weighted by Gasteiger charge is 2.28. The summed E-state index contributed by atoms with van der Waals surface area (Å²) in [6, 6.07) is 9.27. The van der Waals surface area contributed by atoms with Gasteiger partial charge >= 0.3 is 0 Å². The van der Waals surface area contributed by atoms with E-state index < -0.39 is 25.9 Å². The Hall–Kier alpha value is -2.92. The Morgan fingerprint density at radius 3 is 2.44 bits per heavy atom. The van der Waals surface area contributed by atoms with Crippen molar-refractivity contribution in [1.82, 2.24) is 15.6 Å². The van der Waals surface area contributed by atoms with E-state index in [0.717, 1.165) is 0 Å². The minimum absolute atomic E-state index is 0.124. The first kappa shape index (κ1) is 27.3. The van der Waals surface area contributed by atoms with Gasteiger partial charge in [-0.15, -0.1) is 5.10 Å². The minimum Gasteiger partial charge on any atom is -0.382 e. The van der Waals surface area contributed by atoms with Gasteiger partial charge in [0.1, 0.15) is 15.9 Å². The van der Waals surface area contributed by atoms with Gasteiger partial charge < -0.3 is 22.5 Å². The Kier molecular flexibility index (Phi) is 10.1. The molecule has 2 aromatic carbocycles. The third kappa shape index (κ3) is 6.80. The molecule has 15 heteroatoms. The zero-order valence-corrected chi connectivity index (χ0v) is 19.9. The first-order chi connectivity index (χ1) is 16.1. The molecule has 0 aliphatic rings. The number of carbonyl (C=O) groups excluding carboxylic acids is 1. The molecule has 0 aliphatic heterocycles. The molecular weight excluding hydrogens is 482 g/mol. The van der Waals surface area contributed by atoms with Crippen molar-refractivity contribution in [2.75, 3.05) is 26.2 Å². The monoisotopic (exact) mass is 511 g/mol. The van der Waals surface area contributed by atoms with E-state index >= 15 is 0 Å². The number of hydrogen-bond acceptors (Lipinski definition) is 9. The second kappa shape index (κ2) is 12.5. The van der Waals surface area contributed by atoms with Gasteiger partial charge in [-0.25, -0.2) is 33.9 Å². The lowest BCUT2D eigenvalue weighted by atomic mass is 9.97. The Balaban J connectivity index is 2.75. The molecule has 0 bridgehead atoms. The maximum atomic E-state index is 12.8. The summed E-state index contributed by atoms with van der Waals surface area (Å²) in [6.07, 6.45) is 0.614. The van der Waals surface area contributed by atoms with Crippen molar-refractivity contribution < 1.29 is 17.4 Å². The molecule has 0 aromatic heterocycles. The summed E-state index contributed by atoms with van der Waals surface area (Å²) < 4.78 is 40.6.